The summed E-state index contributed by atoms with van der Waals surface area (Å²) < 4.78 is 306. The minimum atomic E-state index is -9.29. The van der Waals surface area contributed by atoms with E-state index in [1.54, 1.807) is 21.1 Å². The number of amides is 1. The fourth-order valence-electron chi connectivity index (χ4n) is 3.14. The van der Waals surface area contributed by atoms with Crippen molar-refractivity contribution in [3.63, 3.8) is 0 Å². The van der Waals surface area contributed by atoms with Crippen LogP contribution in [0.3, 0.4) is 0 Å². The van der Waals surface area contributed by atoms with Gasteiger partial charge in [0.1, 0.15) is 5.75 Å². The monoisotopic (exact) mass is 769 g/mol. The van der Waals surface area contributed by atoms with Gasteiger partial charge in [-0.15, -0.1) is 0 Å². The summed E-state index contributed by atoms with van der Waals surface area (Å²) in [5, 5.41) is 1.89. The van der Waals surface area contributed by atoms with Gasteiger partial charge < -0.3 is 9.80 Å². The molecule has 0 saturated carbocycles. The fourth-order valence-corrected chi connectivity index (χ4v) is 4.35. The second-order valence-electron chi connectivity index (χ2n) is 10.9. The van der Waals surface area contributed by atoms with Crippen LogP contribution in [-0.2, 0) is 14.6 Å². The highest BCUT2D eigenvalue weighted by molar-refractivity contribution is 7.92. The van der Waals surface area contributed by atoms with Gasteiger partial charge >= 0.3 is 59.5 Å². The average molecular weight is 769 g/mol. The van der Waals surface area contributed by atoms with Crippen LogP contribution in [0.15, 0.2) is 0 Å². The lowest BCUT2D eigenvalue weighted by atomic mass is 9.86. The molecule has 5 nitrogen and oxygen atoms in total. The van der Waals surface area contributed by atoms with E-state index >= 15 is 0 Å². The Morgan fingerprint density at radius 3 is 1.19 bits per heavy atom. The summed E-state index contributed by atoms with van der Waals surface area (Å²) in [6.07, 6.45) is -11.2. The molecule has 282 valence electrons. The zero-order valence-corrected chi connectivity index (χ0v) is 24.1. The van der Waals surface area contributed by atoms with Gasteiger partial charge in [-0.05, 0) is 0 Å². The van der Waals surface area contributed by atoms with Crippen molar-refractivity contribution in [2.24, 2.45) is 0 Å². The smallest absolute Gasteiger partial charge is 0.355 e. The number of nitrogens with zero attached hydrogens (tertiary/aromatic N) is 1. The minimum Gasteiger partial charge on any atom is -0.355 e. The Labute approximate surface area is 249 Å². The Kier molecular flexibility index (Phi) is 12.1. The van der Waals surface area contributed by atoms with Crippen LogP contribution in [0.4, 0.5) is 92.2 Å². The van der Waals surface area contributed by atoms with Gasteiger partial charge in [0.05, 0.1) is 33.4 Å². The quantitative estimate of drug-likeness (QED) is 0.108. The Bertz CT molecular complexity index is 1220. The van der Waals surface area contributed by atoms with Crippen molar-refractivity contribution >= 4 is 15.7 Å². The van der Waals surface area contributed by atoms with Gasteiger partial charge in [-0.3, -0.25) is 4.79 Å². The van der Waals surface area contributed by atoms with Gasteiger partial charge in [-0.25, -0.2) is 8.42 Å². The molecule has 0 aliphatic heterocycles. The largest absolute Gasteiger partial charge is 0.460 e. The van der Waals surface area contributed by atoms with Crippen molar-refractivity contribution in [2.75, 3.05) is 45.7 Å². The van der Waals surface area contributed by atoms with Crippen molar-refractivity contribution < 1.29 is 110 Å². The van der Waals surface area contributed by atoms with Gasteiger partial charge in [0.2, 0.25) is 5.91 Å². The van der Waals surface area contributed by atoms with E-state index in [1.165, 1.54) is 0 Å². The van der Waals surface area contributed by atoms with Crippen molar-refractivity contribution in [1.82, 2.24) is 5.32 Å². The first-order valence-electron chi connectivity index (χ1n) is 11.8. The number of hydrogen-bond acceptors (Lipinski definition) is 3. The van der Waals surface area contributed by atoms with E-state index in [-0.39, 0.29) is 13.0 Å². The zero-order chi connectivity index (χ0) is 38.5. The van der Waals surface area contributed by atoms with Gasteiger partial charge in [0.25, 0.3) is 0 Å². The number of halogens is 21. The van der Waals surface area contributed by atoms with Gasteiger partial charge in [-0.2, -0.15) is 92.2 Å². The van der Waals surface area contributed by atoms with Gasteiger partial charge in [0.15, 0.2) is 9.84 Å². The second kappa shape index (κ2) is 12.7. The van der Waals surface area contributed by atoms with Crippen molar-refractivity contribution in [3.05, 3.63) is 0 Å². The van der Waals surface area contributed by atoms with Crippen LogP contribution in [0.5, 0.6) is 0 Å². The van der Waals surface area contributed by atoms with E-state index < -0.39 is 93.2 Å². The van der Waals surface area contributed by atoms with E-state index in [1.807, 2.05) is 5.32 Å². The highest BCUT2D eigenvalue weighted by Crippen LogP contribution is 2.66. The summed E-state index contributed by atoms with van der Waals surface area (Å²) in [4.78, 5) is 11.6. The lowest BCUT2D eigenvalue weighted by molar-refractivity contribution is -0.870. The molecule has 0 aromatic rings. The van der Waals surface area contributed by atoms with Gasteiger partial charge in [0, 0.05) is 19.4 Å². The van der Waals surface area contributed by atoms with Crippen LogP contribution in [-0.4, -0.2) is 124 Å². The van der Waals surface area contributed by atoms with Crippen LogP contribution in [0.25, 0.3) is 0 Å². The molecule has 0 aliphatic rings. The molecule has 0 bridgehead atoms. The second-order valence-corrected chi connectivity index (χ2v) is 13.0. The molecule has 0 fully saturated rings. The SMILES string of the molecule is C[N+](C)(C)CCCNC(=O)CS(=O)(=O)CCC(F)(F)C(F)(F)C(F)(F)C(F)(F)C(F)(F)C(F)(F)C(F)(F)C(F)(F)C(F)(F)C(F)(F)F. The third-order valence-electron chi connectivity index (χ3n) is 5.98. The van der Waals surface area contributed by atoms with Crippen LogP contribution in [0, 0.1) is 0 Å². The molecule has 0 spiro atoms. The number of carbonyl (C=O) groups excluding carboxylic acids is 1. The standard InChI is InChI=1S/C20H21F21N2O3S/c1-43(2,3)7-4-6-42-10(44)9-47(45,46)8-5-11(21,22)12(23,24)13(25,26)14(27,28)15(29,30)16(31,32)17(33,34)18(35,36)19(37,38)20(39,40)41/h4-9H2,1-3H3/p+1. The van der Waals surface area contributed by atoms with E-state index in [0.29, 0.717) is 11.0 Å². The molecule has 27 heteroatoms. The number of alkyl halides is 21. The highest BCUT2D eigenvalue weighted by Gasteiger charge is 2.97. The summed E-state index contributed by atoms with van der Waals surface area (Å²) >= 11 is 0. The highest BCUT2D eigenvalue weighted by atomic mass is 32.2. The van der Waals surface area contributed by atoms with E-state index in [9.17, 15) is 105 Å². The predicted octanol–water partition coefficient (Wildman–Crippen LogP) is 6.28. The summed E-state index contributed by atoms with van der Waals surface area (Å²) in [6.45, 7) is 0.0648. The molecule has 1 N–H and O–H groups in total. The first kappa shape index (κ1) is 44.9. The third kappa shape index (κ3) is 7.88. The Hall–Kier alpha value is -2.09. The van der Waals surface area contributed by atoms with Gasteiger partial charge in [-0.1, -0.05) is 0 Å². The van der Waals surface area contributed by atoms with E-state index in [2.05, 4.69) is 0 Å². The number of rotatable bonds is 17. The molecule has 47 heavy (non-hydrogen) atoms. The molecule has 0 aromatic carbocycles. The Balaban J connectivity index is 6.40. The first-order valence-corrected chi connectivity index (χ1v) is 13.6. The number of nitrogens with one attached hydrogen (secondary N) is 1. The average Bonchev–Trinajstić information content (AvgIpc) is 2.83. The topological polar surface area (TPSA) is 63.2 Å². The van der Waals surface area contributed by atoms with Crippen LogP contribution in [0.1, 0.15) is 12.8 Å². The van der Waals surface area contributed by atoms with Crippen LogP contribution >= 0.6 is 0 Å². The molecule has 0 unspecified atom stereocenters. The fraction of sp³-hybridized carbons (Fsp3) is 0.950. The van der Waals surface area contributed by atoms with E-state index in [0.717, 1.165) is 0 Å². The maximum Gasteiger partial charge on any atom is 0.460 e. The summed E-state index contributed by atoms with van der Waals surface area (Å²) in [7, 11) is -0.404. The number of hydrogen-bond donors (Lipinski definition) is 1. The molecular weight excluding hydrogens is 747 g/mol. The molecule has 0 atom stereocenters. The summed E-state index contributed by atoms with van der Waals surface area (Å²) in [6, 6.07) is 0. The molecule has 0 radical (unpaired) electrons. The minimum absolute atomic E-state index is 0.154. The Morgan fingerprint density at radius 2 is 0.872 bits per heavy atom. The van der Waals surface area contributed by atoms with Crippen LogP contribution < -0.4 is 5.32 Å². The Morgan fingerprint density at radius 1 is 0.553 bits per heavy atom. The van der Waals surface area contributed by atoms with Crippen molar-refractivity contribution in [1.29, 1.82) is 0 Å². The molecular formula is C20H22F21N2O3S+. The number of sulfone groups is 1. The summed E-state index contributed by atoms with van der Waals surface area (Å²) in [5.74, 6) is -84.5. The number of quaternary nitrogens is 1. The number of carbonyl (C=O) groups is 1. The molecule has 1 amide bonds. The molecule has 0 rings (SSSR count). The zero-order valence-electron chi connectivity index (χ0n) is 23.3. The maximum atomic E-state index is 14.0. The normalized spacial score (nSPS) is 16.0. The lowest BCUT2D eigenvalue weighted by Gasteiger charge is -2.44. The van der Waals surface area contributed by atoms with Crippen molar-refractivity contribution in [3.8, 4) is 0 Å². The molecule has 0 aliphatic carbocycles. The van der Waals surface area contributed by atoms with Crippen LogP contribution in [0.2, 0.25) is 0 Å². The maximum absolute atomic E-state index is 14.0. The lowest BCUT2D eigenvalue weighted by Crippen LogP contribution is -2.76. The summed E-state index contributed by atoms with van der Waals surface area (Å²) in [5.41, 5.74) is 0. The molecule has 0 aromatic heterocycles. The van der Waals surface area contributed by atoms with E-state index in [4.69, 9.17) is 0 Å². The van der Waals surface area contributed by atoms with Crippen molar-refractivity contribution in [2.45, 2.75) is 72.3 Å². The third-order valence-corrected chi connectivity index (χ3v) is 7.51. The molecule has 0 heterocycles. The predicted molar refractivity (Wildman–Crippen MR) is 114 cm³/mol. The first-order chi connectivity index (χ1) is 20.1. The molecule has 0 saturated heterocycles.